The van der Waals surface area contributed by atoms with E-state index in [9.17, 15) is 4.79 Å². The van der Waals surface area contributed by atoms with Crippen molar-refractivity contribution in [2.75, 3.05) is 26.3 Å². The predicted octanol–water partition coefficient (Wildman–Crippen LogP) is 0.997. The fraction of sp³-hybridized carbons (Fsp3) is 0.455. The summed E-state index contributed by atoms with van der Waals surface area (Å²) in [5.74, 6) is 0.543. The van der Waals surface area contributed by atoms with E-state index in [1.54, 1.807) is 17.1 Å². The molecule has 0 spiro atoms. The number of amidine groups is 1. The molecule has 3 rings (SSSR count). The number of rotatable bonds is 2. The molecule has 0 bridgehead atoms. The van der Waals surface area contributed by atoms with Crippen molar-refractivity contribution in [2.45, 2.75) is 6.10 Å². The fourth-order valence-corrected chi connectivity index (χ4v) is 2.07. The van der Waals surface area contributed by atoms with Crippen molar-refractivity contribution in [2.24, 2.45) is 0 Å². The van der Waals surface area contributed by atoms with E-state index in [0.717, 1.165) is 0 Å². The molecule has 2 fully saturated rings. The number of furan rings is 1. The zero-order chi connectivity index (χ0) is 12.5. The van der Waals surface area contributed by atoms with Crippen molar-refractivity contribution in [1.82, 2.24) is 10.0 Å². The molecule has 0 saturated carbocycles. The standard InChI is InChI=1S/C11H13N3O4/c12-10-9(8-2-1-5-17-8)18-11(15)14(10)13-3-6-16-7-4-13/h1-2,5,9,12H,3-4,6-7H2. The van der Waals surface area contributed by atoms with Gasteiger partial charge in [-0.2, -0.15) is 5.01 Å². The molecule has 1 atom stereocenters. The minimum atomic E-state index is -0.754. The average Bonchev–Trinajstić information content (AvgIpc) is 2.99. The zero-order valence-electron chi connectivity index (χ0n) is 9.67. The molecule has 7 heteroatoms. The maximum atomic E-state index is 11.8. The Kier molecular flexibility index (Phi) is 2.77. The van der Waals surface area contributed by atoms with Crippen LogP contribution in [0, 0.1) is 5.41 Å². The summed E-state index contributed by atoms with van der Waals surface area (Å²) >= 11 is 0. The monoisotopic (exact) mass is 251 g/mol. The molecular formula is C11H13N3O4. The lowest BCUT2D eigenvalue weighted by Crippen LogP contribution is -2.51. The number of morpholine rings is 1. The maximum Gasteiger partial charge on any atom is 0.431 e. The molecule has 2 saturated heterocycles. The first kappa shape index (κ1) is 11.2. The molecule has 1 amide bonds. The lowest BCUT2D eigenvalue weighted by molar-refractivity contribution is -0.0342. The topological polar surface area (TPSA) is 79.0 Å². The van der Waals surface area contributed by atoms with Gasteiger partial charge < -0.3 is 13.9 Å². The summed E-state index contributed by atoms with van der Waals surface area (Å²) in [6, 6.07) is 3.39. The Labute approximate surface area is 103 Å². The highest BCUT2D eigenvalue weighted by atomic mass is 16.6. The Hall–Kier alpha value is -1.86. The molecule has 1 aromatic rings. The third-order valence-electron chi connectivity index (χ3n) is 2.94. The van der Waals surface area contributed by atoms with Crippen LogP contribution in [0.1, 0.15) is 11.9 Å². The third kappa shape index (κ3) is 1.77. The van der Waals surface area contributed by atoms with Gasteiger partial charge in [-0.3, -0.25) is 5.41 Å². The molecule has 2 aliphatic heterocycles. The summed E-state index contributed by atoms with van der Waals surface area (Å²) in [5, 5.41) is 11.1. The Bertz CT molecular complexity index is 453. The van der Waals surface area contributed by atoms with Crippen LogP contribution in [0.15, 0.2) is 22.8 Å². The number of amides is 1. The Morgan fingerprint density at radius 3 is 2.78 bits per heavy atom. The van der Waals surface area contributed by atoms with Crippen LogP contribution in [0.5, 0.6) is 0 Å². The van der Waals surface area contributed by atoms with Gasteiger partial charge in [0.05, 0.1) is 19.5 Å². The largest absolute Gasteiger partial charge is 0.465 e. The normalized spacial score (nSPS) is 25.6. The van der Waals surface area contributed by atoms with Crippen molar-refractivity contribution in [1.29, 1.82) is 5.41 Å². The summed E-state index contributed by atoms with van der Waals surface area (Å²) in [6.07, 6.45) is 0.201. The van der Waals surface area contributed by atoms with Gasteiger partial charge >= 0.3 is 6.09 Å². The number of hydrogen-bond donors (Lipinski definition) is 1. The first-order valence-electron chi connectivity index (χ1n) is 5.72. The molecule has 3 heterocycles. The minimum Gasteiger partial charge on any atom is -0.465 e. The quantitative estimate of drug-likeness (QED) is 0.848. The Balaban J connectivity index is 1.80. The first-order chi connectivity index (χ1) is 8.77. The van der Waals surface area contributed by atoms with Crippen molar-refractivity contribution < 1.29 is 18.7 Å². The lowest BCUT2D eigenvalue weighted by atomic mass is 10.2. The number of hydrogen-bond acceptors (Lipinski definition) is 6. The van der Waals surface area contributed by atoms with Crippen LogP contribution in [-0.2, 0) is 9.47 Å². The first-order valence-corrected chi connectivity index (χ1v) is 5.72. The van der Waals surface area contributed by atoms with E-state index in [2.05, 4.69) is 0 Å². The number of carbonyl (C=O) groups is 1. The number of ether oxygens (including phenoxy) is 2. The van der Waals surface area contributed by atoms with Gasteiger partial charge in [0.25, 0.3) is 0 Å². The highest BCUT2D eigenvalue weighted by Crippen LogP contribution is 2.29. The molecular weight excluding hydrogens is 238 g/mol. The zero-order valence-corrected chi connectivity index (χ0v) is 9.67. The van der Waals surface area contributed by atoms with E-state index in [4.69, 9.17) is 19.3 Å². The smallest absolute Gasteiger partial charge is 0.431 e. The highest BCUT2D eigenvalue weighted by Gasteiger charge is 2.43. The molecule has 96 valence electrons. The average molecular weight is 251 g/mol. The molecule has 18 heavy (non-hydrogen) atoms. The molecule has 1 aromatic heterocycles. The van der Waals surface area contributed by atoms with Gasteiger partial charge in [-0.05, 0) is 12.1 Å². The van der Waals surface area contributed by atoms with Crippen LogP contribution in [0.2, 0.25) is 0 Å². The summed E-state index contributed by atoms with van der Waals surface area (Å²) < 4.78 is 15.6. The third-order valence-corrected chi connectivity index (χ3v) is 2.94. The minimum absolute atomic E-state index is 0.0804. The van der Waals surface area contributed by atoms with Crippen molar-refractivity contribution in [3.8, 4) is 0 Å². The number of carbonyl (C=O) groups excluding carboxylic acids is 1. The van der Waals surface area contributed by atoms with Gasteiger partial charge in [-0.15, -0.1) is 0 Å². The molecule has 2 aliphatic rings. The van der Waals surface area contributed by atoms with Gasteiger partial charge in [0.15, 0.2) is 11.6 Å². The Morgan fingerprint density at radius 2 is 2.11 bits per heavy atom. The van der Waals surface area contributed by atoms with Gasteiger partial charge in [0, 0.05) is 13.1 Å². The molecule has 0 aliphatic carbocycles. The van der Waals surface area contributed by atoms with Crippen LogP contribution < -0.4 is 0 Å². The van der Waals surface area contributed by atoms with Crippen molar-refractivity contribution in [3.63, 3.8) is 0 Å². The summed E-state index contributed by atoms with van der Waals surface area (Å²) in [6.45, 7) is 2.23. The molecule has 7 nitrogen and oxygen atoms in total. The number of hydrazine groups is 1. The second-order valence-corrected chi connectivity index (χ2v) is 4.04. The van der Waals surface area contributed by atoms with Crippen LogP contribution in [0.3, 0.4) is 0 Å². The Morgan fingerprint density at radius 1 is 1.33 bits per heavy atom. The number of nitrogens with zero attached hydrogens (tertiary/aromatic N) is 2. The predicted molar refractivity (Wildman–Crippen MR) is 59.9 cm³/mol. The van der Waals surface area contributed by atoms with Gasteiger partial charge in [-0.1, -0.05) is 0 Å². The van der Waals surface area contributed by atoms with Crippen LogP contribution >= 0.6 is 0 Å². The van der Waals surface area contributed by atoms with E-state index in [-0.39, 0.29) is 5.84 Å². The highest BCUT2D eigenvalue weighted by molar-refractivity contribution is 6.01. The molecule has 0 radical (unpaired) electrons. The van der Waals surface area contributed by atoms with Gasteiger partial charge in [-0.25, -0.2) is 9.80 Å². The van der Waals surface area contributed by atoms with Crippen LogP contribution in [0.25, 0.3) is 0 Å². The van der Waals surface area contributed by atoms with Crippen molar-refractivity contribution >= 4 is 11.9 Å². The van der Waals surface area contributed by atoms with E-state index >= 15 is 0 Å². The summed E-state index contributed by atoms with van der Waals surface area (Å²) in [7, 11) is 0. The van der Waals surface area contributed by atoms with Crippen LogP contribution in [-0.4, -0.2) is 48.2 Å². The number of cyclic esters (lactones) is 1. The van der Waals surface area contributed by atoms with E-state index in [0.29, 0.717) is 32.1 Å². The number of nitrogens with one attached hydrogen (secondary N) is 1. The van der Waals surface area contributed by atoms with Crippen LogP contribution in [0.4, 0.5) is 4.79 Å². The fourth-order valence-electron chi connectivity index (χ4n) is 2.07. The maximum absolute atomic E-state index is 11.8. The summed E-state index contributed by atoms with van der Waals surface area (Å²) in [4.78, 5) is 11.8. The summed E-state index contributed by atoms with van der Waals surface area (Å²) in [5.41, 5.74) is 0. The van der Waals surface area contributed by atoms with Gasteiger partial charge in [0.2, 0.25) is 6.10 Å². The molecule has 0 aromatic carbocycles. The second kappa shape index (κ2) is 4.43. The van der Waals surface area contributed by atoms with Gasteiger partial charge in [0.1, 0.15) is 0 Å². The molecule has 1 N–H and O–H groups in total. The lowest BCUT2D eigenvalue weighted by Gasteiger charge is -2.32. The van der Waals surface area contributed by atoms with Crippen molar-refractivity contribution in [3.05, 3.63) is 24.2 Å². The SMILES string of the molecule is N=C1C(c2ccco2)OC(=O)N1N1CCOCC1. The van der Waals surface area contributed by atoms with E-state index in [1.165, 1.54) is 11.3 Å². The van der Waals surface area contributed by atoms with E-state index < -0.39 is 12.2 Å². The molecule has 1 unspecified atom stereocenters. The second-order valence-electron chi connectivity index (χ2n) is 4.04. The van der Waals surface area contributed by atoms with E-state index in [1.807, 2.05) is 0 Å².